The molecule has 62 heavy (non-hydrogen) atoms. The van der Waals surface area contributed by atoms with Gasteiger partial charge in [0, 0.05) is 31.3 Å². The van der Waals surface area contributed by atoms with E-state index in [9.17, 15) is 19.2 Å². The zero-order valence-corrected chi connectivity index (χ0v) is 35.2. The van der Waals surface area contributed by atoms with Crippen LogP contribution in [0.1, 0.15) is 38.5 Å². The molecule has 3 rings (SSSR count). The molecule has 3 aromatic carbocycles. The van der Waals surface area contributed by atoms with Gasteiger partial charge in [-0.3, -0.25) is 0 Å². The van der Waals surface area contributed by atoms with Crippen molar-refractivity contribution in [3.63, 3.8) is 0 Å². The molecule has 0 aliphatic heterocycles. The van der Waals surface area contributed by atoms with Crippen molar-refractivity contribution < 1.29 is 66.5 Å². The highest BCUT2D eigenvalue weighted by Crippen LogP contribution is 2.19. The summed E-state index contributed by atoms with van der Waals surface area (Å²) in [5.74, 6) is 1.49. The van der Waals surface area contributed by atoms with Crippen molar-refractivity contribution in [2.75, 3.05) is 79.2 Å². The van der Waals surface area contributed by atoms with Crippen LogP contribution in [0.15, 0.2) is 110 Å². The first-order chi connectivity index (χ1) is 30.3. The van der Waals surface area contributed by atoms with Crippen LogP contribution < -0.4 is 29.6 Å². The number of carbonyl (C=O) groups is 4. The summed E-state index contributed by atoms with van der Waals surface area (Å²) in [6.45, 7) is 9.31. The van der Waals surface area contributed by atoms with Gasteiger partial charge in [-0.2, -0.15) is 0 Å². The number of unbranched alkanes of at least 4 members (excludes halogenated alkanes) is 4. The second-order valence-corrected chi connectivity index (χ2v) is 13.3. The quantitative estimate of drug-likeness (QED) is 0.0282. The molecule has 0 bridgehead atoms. The first-order valence-electron chi connectivity index (χ1n) is 20.7. The third-order valence-corrected chi connectivity index (χ3v) is 8.31. The number of esters is 2. The van der Waals surface area contributed by atoms with Crippen LogP contribution in [0.3, 0.4) is 0 Å². The summed E-state index contributed by atoms with van der Waals surface area (Å²) < 4.78 is 56.0. The molecule has 2 N–H and O–H groups in total. The smallest absolute Gasteiger partial charge is 0.407 e. The first-order valence-corrected chi connectivity index (χ1v) is 20.7. The highest BCUT2D eigenvalue weighted by Gasteiger charge is 2.18. The minimum absolute atomic E-state index is 0.0777. The van der Waals surface area contributed by atoms with Crippen LogP contribution in [-0.4, -0.2) is 115 Å². The second-order valence-electron chi connectivity index (χ2n) is 13.3. The number of hydrogen-bond acceptors (Lipinski definition) is 14. The lowest BCUT2D eigenvalue weighted by molar-refractivity contribution is -0.138. The van der Waals surface area contributed by atoms with E-state index in [0.29, 0.717) is 75.0 Å². The van der Waals surface area contributed by atoms with E-state index in [1.54, 1.807) is 24.3 Å². The van der Waals surface area contributed by atoms with Crippen molar-refractivity contribution in [3.8, 4) is 23.0 Å². The van der Waals surface area contributed by atoms with Crippen molar-refractivity contribution in [1.29, 1.82) is 0 Å². The van der Waals surface area contributed by atoms with Gasteiger partial charge in [0.1, 0.15) is 49.4 Å². The fraction of sp³-hybridized carbons (Fsp3) is 0.435. The molecule has 0 aliphatic rings. The minimum atomic E-state index is -0.688. The molecule has 3 aromatic rings. The molecule has 0 aliphatic carbocycles. The second kappa shape index (κ2) is 32.5. The van der Waals surface area contributed by atoms with Gasteiger partial charge >= 0.3 is 24.1 Å². The van der Waals surface area contributed by atoms with Crippen molar-refractivity contribution in [1.82, 2.24) is 10.6 Å². The molecular formula is C46H60N2O14. The zero-order chi connectivity index (χ0) is 44.3. The molecule has 0 radical (unpaired) electrons. The molecule has 0 spiro atoms. The summed E-state index contributed by atoms with van der Waals surface area (Å²) in [6.07, 6.45) is 3.91. The fourth-order valence-corrected chi connectivity index (χ4v) is 5.20. The van der Waals surface area contributed by atoms with Crippen LogP contribution >= 0.6 is 0 Å². The minimum Gasteiger partial charge on any atom is -0.491 e. The van der Waals surface area contributed by atoms with E-state index >= 15 is 0 Å². The van der Waals surface area contributed by atoms with Gasteiger partial charge in [0.05, 0.1) is 39.6 Å². The lowest BCUT2D eigenvalue weighted by atomic mass is 10.2. The highest BCUT2D eigenvalue weighted by molar-refractivity contribution is 5.81. The van der Waals surface area contributed by atoms with Crippen LogP contribution in [0, 0.1) is 0 Å². The summed E-state index contributed by atoms with van der Waals surface area (Å²) in [5, 5.41) is 5.47. The van der Waals surface area contributed by atoms with E-state index in [1.807, 2.05) is 60.7 Å². The van der Waals surface area contributed by atoms with E-state index < -0.39 is 36.3 Å². The Morgan fingerprint density at radius 3 is 1.31 bits per heavy atom. The van der Waals surface area contributed by atoms with Crippen LogP contribution in [-0.2, 0) is 38.0 Å². The highest BCUT2D eigenvalue weighted by atomic mass is 16.6. The molecule has 16 nitrogen and oxygen atoms in total. The Bertz CT molecular complexity index is 1590. The van der Waals surface area contributed by atoms with Gasteiger partial charge in [-0.15, -0.1) is 0 Å². The number of alkyl carbamates (subject to hydrolysis) is 2. The van der Waals surface area contributed by atoms with E-state index in [4.69, 9.17) is 47.4 Å². The van der Waals surface area contributed by atoms with Crippen molar-refractivity contribution in [3.05, 3.63) is 110 Å². The maximum Gasteiger partial charge on any atom is 0.407 e. The van der Waals surface area contributed by atoms with Crippen LogP contribution in [0.2, 0.25) is 0 Å². The Morgan fingerprint density at radius 1 is 0.468 bits per heavy atom. The van der Waals surface area contributed by atoms with Gasteiger partial charge < -0.3 is 58.0 Å². The van der Waals surface area contributed by atoms with Gasteiger partial charge in [0.15, 0.2) is 12.2 Å². The molecule has 2 amide bonds. The SMILES string of the molecule is C=CC(=O)OCCCCCNC(=O)OC(COCCOc1cccc(OCCOCC(COc2ccccc2)OC(=O)NCCCCCOC(=O)C=C)c1)COc1ccccc1. The van der Waals surface area contributed by atoms with Gasteiger partial charge in [-0.25, -0.2) is 19.2 Å². The Balaban J connectivity index is 1.34. The summed E-state index contributed by atoms with van der Waals surface area (Å²) in [4.78, 5) is 47.3. The maximum atomic E-state index is 12.5. The average molecular weight is 865 g/mol. The summed E-state index contributed by atoms with van der Waals surface area (Å²) in [6, 6.07) is 25.5. The van der Waals surface area contributed by atoms with E-state index in [0.717, 1.165) is 25.0 Å². The van der Waals surface area contributed by atoms with Crippen molar-refractivity contribution in [2.24, 2.45) is 0 Å². The number of para-hydroxylation sites is 2. The van der Waals surface area contributed by atoms with Crippen LogP contribution in [0.25, 0.3) is 0 Å². The standard InChI is InChI=1S/C46H60N2O14/c1-3-43(49)57-26-15-7-13-24-47-45(51)61-41(35-59-37-18-9-5-10-19-37)33-53-28-30-55-39-22-17-23-40(32-39)56-31-29-54-34-42(36-60-38-20-11-6-12-21-38)62-46(52)48-25-14-8-16-27-58-44(50)4-2/h3-6,9-12,17-23,32,41-42H,1-2,7-8,13-16,24-31,33-36H2,(H,47,51)(H,48,52). The number of hydrogen-bond donors (Lipinski definition) is 2. The Hall–Kier alpha value is -6.26. The summed E-state index contributed by atoms with van der Waals surface area (Å²) >= 11 is 0. The molecule has 0 fully saturated rings. The molecular weight excluding hydrogens is 805 g/mol. The Labute approximate surface area is 363 Å². The fourth-order valence-electron chi connectivity index (χ4n) is 5.20. The molecule has 2 unspecified atom stereocenters. The van der Waals surface area contributed by atoms with Gasteiger partial charge in [-0.05, 0) is 74.9 Å². The third kappa shape index (κ3) is 24.7. The number of carbonyl (C=O) groups excluding carboxylic acids is 4. The summed E-state index contributed by atoms with van der Waals surface area (Å²) in [5.41, 5.74) is 0. The number of ether oxygens (including phenoxy) is 10. The number of benzene rings is 3. The Morgan fingerprint density at radius 2 is 0.887 bits per heavy atom. The van der Waals surface area contributed by atoms with E-state index in [1.165, 1.54) is 0 Å². The lowest BCUT2D eigenvalue weighted by Gasteiger charge is -2.19. The van der Waals surface area contributed by atoms with Crippen molar-refractivity contribution in [2.45, 2.75) is 50.7 Å². The zero-order valence-electron chi connectivity index (χ0n) is 35.2. The van der Waals surface area contributed by atoms with E-state index in [-0.39, 0.29) is 52.9 Å². The normalized spacial score (nSPS) is 11.5. The molecule has 2 atom stereocenters. The lowest BCUT2D eigenvalue weighted by Crippen LogP contribution is -2.35. The Kier molecular flexibility index (Phi) is 26.3. The first kappa shape index (κ1) is 50.1. The van der Waals surface area contributed by atoms with Crippen LogP contribution in [0.4, 0.5) is 9.59 Å². The van der Waals surface area contributed by atoms with Crippen molar-refractivity contribution >= 4 is 24.1 Å². The molecule has 0 saturated heterocycles. The largest absolute Gasteiger partial charge is 0.491 e. The average Bonchev–Trinajstić information content (AvgIpc) is 3.29. The number of nitrogens with one attached hydrogen (secondary N) is 2. The molecule has 0 heterocycles. The van der Waals surface area contributed by atoms with Gasteiger partial charge in [0.2, 0.25) is 0 Å². The topological polar surface area (TPSA) is 185 Å². The number of rotatable bonds is 34. The molecule has 0 aromatic heterocycles. The number of amides is 2. The van der Waals surface area contributed by atoms with E-state index in [2.05, 4.69) is 23.8 Å². The molecule has 338 valence electrons. The monoisotopic (exact) mass is 864 g/mol. The maximum absolute atomic E-state index is 12.5. The predicted molar refractivity (Wildman–Crippen MR) is 230 cm³/mol. The van der Waals surface area contributed by atoms with Gasteiger partial charge in [-0.1, -0.05) is 55.6 Å². The molecule has 0 saturated carbocycles. The third-order valence-electron chi connectivity index (χ3n) is 8.31. The predicted octanol–water partition coefficient (Wildman–Crippen LogP) is 6.62. The van der Waals surface area contributed by atoms with Gasteiger partial charge in [0.25, 0.3) is 0 Å². The van der Waals surface area contributed by atoms with Crippen LogP contribution in [0.5, 0.6) is 23.0 Å². The summed E-state index contributed by atoms with van der Waals surface area (Å²) in [7, 11) is 0. The molecule has 16 heteroatoms.